The fraction of sp³-hybridized carbons (Fsp3) is 0.118. The minimum absolute atomic E-state index is 0.0865. The van der Waals surface area contributed by atoms with Gasteiger partial charge in [0.25, 0.3) is 0 Å². The highest BCUT2D eigenvalue weighted by Gasteiger charge is 2.11. The van der Waals surface area contributed by atoms with Gasteiger partial charge in [-0.25, -0.2) is 5.43 Å². The summed E-state index contributed by atoms with van der Waals surface area (Å²) in [4.78, 5) is 4.37. The van der Waals surface area contributed by atoms with E-state index in [2.05, 4.69) is 10.4 Å². The lowest BCUT2D eigenvalue weighted by molar-refractivity contribution is 0.267. The minimum Gasteiger partial charge on any atom is -0.492 e. The SMILES string of the molecule is NNC(COc1ccccc1)c1ccc2cccnc2c1. The third-order valence-electron chi connectivity index (χ3n) is 3.39. The zero-order valence-electron chi connectivity index (χ0n) is 11.6. The third kappa shape index (κ3) is 3.18. The molecule has 3 aromatic rings. The van der Waals surface area contributed by atoms with E-state index in [4.69, 9.17) is 10.6 Å². The minimum atomic E-state index is -0.0865. The molecule has 0 aliphatic heterocycles. The van der Waals surface area contributed by atoms with Crippen molar-refractivity contribution in [2.45, 2.75) is 6.04 Å². The number of benzene rings is 2. The van der Waals surface area contributed by atoms with Gasteiger partial charge in [-0.3, -0.25) is 10.8 Å². The van der Waals surface area contributed by atoms with E-state index >= 15 is 0 Å². The quantitative estimate of drug-likeness (QED) is 0.557. The standard InChI is InChI=1S/C17H17N3O/c18-20-17(12-21-15-6-2-1-3-7-15)14-9-8-13-5-4-10-19-16(13)11-14/h1-11,17,20H,12,18H2. The second-order valence-corrected chi connectivity index (χ2v) is 4.80. The van der Waals surface area contributed by atoms with E-state index in [-0.39, 0.29) is 6.04 Å². The number of fused-ring (bicyclic) bond motifs is 1. The van der Waals surface area contributed by atoms with Crippen LogP contribution in [0, 0.1) is 0 Å². The molecule has 0 saturated carbocycles. The fourth-order valence-electron chi connectivity index (χ4n) is 2.24. The van der Waals surface area contributed by atoms with Gasteiger partial charge in [-0.1, -0.05) is 36.4 Å². The molecule has 1 aromatic heterocycles. The average Bonchev–Trinajstić information content (AvgIpc) is 2.56. The predicted molar refractivity (Wildman–Crippen MR) is 83.7 cm³/mol. The number of nitrogens with two attached hydrogens (primary N) is 1. The maximum Gasteiger partial charge on any atom is 0.119 e. The molecule has 0 saturated heterocycles. The number of rotatable bonds is 5. The van der Waals surface area contributed by atoms with Crippen molar-refractivity contribution in [3.63, 3.8) is 0 Å². The monoisotopic (exact) mass is 279 g/mol. The normalized spacial score (nSPS) is 12.2. The van der Waals surface area contributed by atoms with Crippen molar-refractivity contribution >= 4 is 10.9 Å². The summed E-state index contributed by atoms with van der Waals surface area (Å²) >= 11 is 0. The van der Waals surface area contributed by atoms with E-state index in [0.29, 0.717) is 6.61 Å². The van der Waals surface area contributed by atoms with Crippen LogP contribution in [0.15, 0.2) is 66.9 Å². The molecule has 4 nitrogen and oxygen atoms in total. The number of ether oxygens (including phenoxy) is 1. The van der Waals surface area contributed by atoms with Gasteiger partial charge >= 0.3 is 0 Å². The molecule has 1 atom stereocenters. The molecule has 1 heterocycles. The first-order valence-corrected chi connectivity index (χ1v) is 6.85. The number of aromatic nitrogens is 1. The highest BCUT2D eigenvalue weighted by molar-refractivity contribution is 5.78. The van der Waals surface area contributed by atoms with Crippen LogP contribution in [-0.4, -0.2) is 11.6 Å². The summed E-state index contributed by atoms with van der Waals surface area (Å²) in [6.45, 7) is 0.457. The molecular weight excluding hydrogens is 262 g/mol. The lowest BCUT2D eigenvalue weighted by Crippen LogP contribution is -2.32. The van der Waals surface area contributed by atoms with Crippen LogP contribution in [0.1, 0.15) is 11.6 Å². The molecule has 4 heteroatoms. The van der Waals surface area contributed by atoms with Crippen molar-refractivity contribution in [3.8, 4) is 5.75 Å². The molecule has 0 spiro atoms. The van der Waals surface area contributed by atoms with Crippen LogP contribution in [0.5, 0.6) is 5.75 Å². The molecule has 1 unspecified atom stereocenters. The number of nitrogens with zero attached hydrogens (tertiary/aromatic N) is 1. The van der Waals surface area contributed by atoms with Gasteiger partial charge in [0, 0.05) is 11.6 Å². The molecule has 0 amide bonds. The highest BCUT2D eigenvalue weighted by Crippen LogP contribution is 2.20. The Balaban J connectivity index is 1.78. The Hall–Kier alpha value is -2.43. The number of nitrogens with one attached hydrogen (secondary N) is 1. The summed E-state index contributed by atoms with van der Waals surface area (Å²) in [5.41, 5.74) is 4.81. The zero-order chi connectivity index (χ0) is 14.5. The lowest BCUT2D eigenvalue weighted by atomic mass is 10.1. The van der Waals surface area contributed by atoms with Crippen LogP contribution in [0.3, 0.4) is 0 Å². The van der Waals surface area contributed by atoms with Crippen LogP contribution in [-0.2, 0) is 0 Å². The van der Waals surface area contributed by atoms with Gasteiger partial charge < -0.3 is 4.74 Å². The summed E-state index contributed by atoms with van der Waals surface area (Å²) in [6, 6.07) is 19.7. The molecule has 0 aliphatic rings. The molecule has 0 aliphatic carbocycles. The number of hydrazine groups is 1. The molecule has 0 bridgehead atoms. The summed E-state index contributed by atoms with van der Waals surface area (Å²) in [7, 11) is 0. The van der Waals surface area contributed by atoms with Gasteiger partial charge in [0.15, 0.2) is 0 Å². The summed E-state index contributed by atoms with van der Waals surface area (Å²) < 4.78 is 5.76. The lowest BCUT2D eigenvalue weighted by Gasteiger charge is -2.17. The van der Waals surface area contributed by atoms with Gasteiger partial charge in [-0.05, 0) is 29.8 Å². The molecule has 106 valence electrons. The van der Waals surface area contributed by atoms with Gasteiger partial charge in [-0.15, -0.1) is 0 Å². The number of pyridine rings is 1. The zero-order valence-corrected chi connectivity index (χ0v) is 11.6. The van der Waals surface area contributed by atoms with E-state index in [1.807, 2.05) is 60.7 Å². The molecule has 21 heavy (non-hydrogen) atoms. The summed E-state index contributed by atoms with van der Waals surface area (Å²) in [6.07, 6.45) is 1.79. The maximum absolute atomic E-state index is 5.76. The van der Waals surface area contributed by atoms with Gasteiger partial charge in [0.05, 0.1) is 11.6 Å². The van der Waals surface area contributed by atoms with Crippen LogP contribution >= 0.6 is 0 Å². The highest BCUT2D eigenvalue weighted by atomic mass is 16.5. The number of hydrogen-bond donors (Lipinski definition) is 2. The number of hydrogen-bond acceptors (Lipinski definition) is 4. The Labute approximate surface area is 123 Å². The first-order valence-electron chi connectivity index (χ1n) is 6.85. The van der Waals surface area contributed by atoms with E-state index in [9.17, 15) is 0 Å². The number of para-hydroxylation sites is 1. The molecule has 0 fully saturated rings. The van der Waals surface area contributed by atoms with Crippen molar-refractivity contribution in [2.75, 3.05) is 6.61 Å². The predicted octanol–water partition coefficient (Wildman–Crippen LogP) is 2.82. The molecule has 0 radical (unpaired) electrons. The average molecular weight is 279 g/mol. The maximum atomic E-state index is 5.76. The Bertz CT molecular complexity index is 715. The second-order valence-electron chi connectivity index (χ2n) is 4.80. The Kier molecular flexibility index (Phi) is 4.09. The fourth-order valence-corrected chi connectivity index (χ4v) is 2.24. The summed E-state index contributed by atoms with van der Waals surface area (Å²) in [5.74, 6) is 6.49. The Morgan fingerprint density at radius 3 is 2.71 bits per heavy atom. The van der Waals surface area contributed by atoms with E-state index < -0.39 is 0 Å². The van der Waals surface area contributed by atoms with Crippen LogP contribution < -0.4 is 16.0 Å². The van der Waals surface area contributed by atoms with Crippen molar-refractivity contribution in [2.24, 2.45) is 5.84 Å². The largest absolute Gasteiger partial charge is 0.492 e. The van der Waals surface area contributed by atoms with Crippen molar-refractivity contribution in [3.05, 3.63) is 72.4 Å². The molecule has 3 N–H and O–H groups in total. The van der Waals surface area contributed by atoms with Gasteiger partial charge in [0.2, 0.25) is 0 Å². The van der Waals surface area contributed by atoms with Crippen LogP contribution in [0.4, 0.5) is 0 Å². The van der Waals surface area contributed by atoms with Crippen LogP contribution in [0.2, 0.25) is 0 Å². The van der Waals surface area contributed by atoms with Crippen LogP contribution in [0.25, 0.3) is 10.9 Å². The summed E-state index contributed by atoms with van der Waals surface area (Å²) in [5, 5.41) is 1.11. The molecular formula is C17H17N3O. The van der Waals surface area contributed by atoms with Gasteiger partial charge in [0.1, 0.15) is 12.4 Å². The first kappa shape index (κ1) is 13.5. The van der Waals surface area contributed by atoms with E-state index in [1.54, 1.807) is 6.20 Å². The smallest absolute Gasteiger partial charge is 0.119 e. The van der Waals surface area contributed by atoms with E-state index in [1.165, 1.54) is 0 Å². The second kappa shape index (κ2) is 6.35. The Morgan fingerprint density at radius 2 is 1.90 bits per heavy atom. The van der Waals surface area contributed by atoms with Crippen molar-refractivity contribution < 1.29 is 4.74 Å². The van der Waals surface area contributed by atoms with Gasteiger partial charge in [-0.2, -0.15) is 0 Å². The van der Waals surface area contributed by atoms with Crippen molar-refractivity contribution in [1.82, 2.24) is 10.4 Å². The Morgan fingerprint density at radius 1 is 1.05 bits per heavy atom. The molecule has 2 aromatic carbocycles. The van der Waals surface area contributed by atoms with E-state index in [0.717, 1.165) is 22.2 Å². The third-order valence-corrected chi connectivity index (χ3v) is 3.39. The molecule has 3 rings (SSSR count). The topological polar surface area (TPSA) is 60.2 Å². The van der Waals surface area contributed by atoms with Crippen molar-refractivity contribution in [1.29, 1.82) is 0 Å². The first-order chi connectivity index (χ1) is 10.4.